The summed E-state index contributed by atoms with van der Waals surface area (Å²) in [7, 11) is 0. The van der Waals surface area contributed by atoms with Crippen molar-refractivity contribution in [2.45, 2.75) is 33.4 Å². The minimum atomic E-state index is -0.261. The van der Waals surface area contributed by atoms with Crippen LogP contribution in [-0.2, 0) is 16.1 Å². The second kappa shape index (κ2) is 7.29. The van der Waals surface area contributed by atoms with E-state index < -0.39 is 0 Å². The first-order valence-corrected chi connectivity index (χ1v) is 7.88. The van der Waals surface area contributed by atoms with Gasteiger partial charge >= 0.3 is 6.09 Å². The lowest BCUT2D eigenvalue weighted by atomic mass is 10.2. The largest absolute Gasteiger partial charge is 0.445 e. The third-order valence-corrected chi connectivity index (χ3v) is 4.03. The van der Waals surface area contributed by atoms with Crippen molar-refractivity contribution in [2.24, 2.45) is 11.8 Å². The molecule has 1 saturated carbocycles. The number of nitrogens with zero attached hydrogens (tertiary/aromatic N) is 1. The summed E-state index contributed by atoms with van der Waals surface area (Å²) in [4.78, 5) is 24.6. The van der Waals surface area contributed by atoms with E-state index in [2.05, 4.69) is 5.32 Å². The molecule has 2 fully saturated rings. The Labute approximate surface area is 131 Å². The Morgan fingerprint density at radius 3 is 2.32 bits per heavy atom. The summed E-state index contributed by atoms with van der Waals surface area (Å²) in [5.74, 6) is 0.814. The van der Waals surface area contributed by atoms with Crippen LogP contribution in [0.2, 0.25) is 0 Å². The third kappa shape index (κ3) is 3.78. The lowest BCUT2D eigenvalue weighted by molar-refractivity contribution is -0.119. The van der Waals surface area contributed by atoms with Crippen molar-refractivity contribution in [3.8, 4) is 0 Å². The van der Waals surface area contributed by atoms with Gasteiger partial charge in [-0.25, -0.2) is 4.79 Å². The number of nitrogens with one attached hydrogen (secondary N) is 1. The molecule has 3 rings (SSSR count). The van der Waals surface area contributed by atoms with Crippen LogP contribution in [0.3, 0.4) is 0 Å². The van der Waals surface area contributed by atoms with Crippen molar-refractivity contribution in [1.82, 2.24) is 10.2 Å². The van der Waals surface area contributed by atoms with Crippen LogP contribution in [0, 0.1) is 11.8 Å². The molecule has 0 spiro atoms. The molecule has 2 unspecified atom stereocenters. The van der Waals surface area contributed by atoms with Crippen LogP contribution in [0.5, 0.6) is 0 Å². The molecule has 1 aromatic carbocycles. The summed E-state index contributed by atoms with van der Waals surface area (Å²) in [6.45, 7) is 7.20. The molecule has 1 aliphatic carbocycles. The van der Waals surface area contributed by atoms with Crippen LogP contribution < -0.4 is 5.32 Å². The molecule has 2 aliphatic rings. The number of piperidine rings is 1. The van der Waals surface area contributed by atoms with E-state index in [0.717, 1.165) is 5.56 Å². The molecule has 0 bridgehead atoms. The fraction of sp³-hybridized carbons (Fsp3) is 0.529. The summed E-state index contributed by atoms with van der Waals surface area (Å²) in [6.07, 6.45) is -0.261. The van der Waals surface area contributed by atoms with Gasteiger partial charge < -0.3 is 15.0 Å². The van der Waals surface area contributed by atoms with Crippen molar-refractivity contribution in [3.05, 3.63) is 35.9 Å². The molecule has 1 aromatic rings. The van der Waals surface area contributed by atoms with E-state index in [1.54, 1.807) is 4.90 Å². The quantitative estimate of drug-likeness (QED) is 0.933. The maximum absolute atomic E-state index is 11.9. The van der Waals surface area contributed by atoms with E-state index in [1.165, 1.54) is 6.92 Å². The predicted octanol–water partition coefficient (Wildman–Crippen LogP) is 2.42. The molecule has 0 aromatic heterocycles. The van der Waals surface area contributed by atoms with Crippen LogP contribution >= 0.6 is 0 Å². The topological polar surface area (TPSA) is 58.6 Å². The van der Waals surface area contributed by atoms with Gasteiger partial charge in [0, 0.05) is 37.9 Å². The van der Waals surface area contributed by atoms with Crippen LogP contribution in [0.1, 0.15) is 26.3 Å². The van der Waals surface area contributed by atoms with Crippen LogP contribution in [0.4, 0.5) is 4.79 Å². The number of hydrogen-bond acceptors (Lipinski definition) is 3. The molecule has 120 valence electrons. The van der Waals surface area contributed by atoms with E-state index in [0.29, 0.717) is 31.5 Å². The van der Waals surface area contributed by atoms with Crippen LogP contribution in [0.25, 0.3) is 0 Å². The third-order valence-electron chi connectivity index (χ3n) is 4.03. The van der Waals surface area contributed by atoms with Gasteiger partial charge in [0.1, 0.15) is 6.61 Å². The van der Waals surface area contributed by atoms with Crippen molar-refractivity contribution in [1.29, 1.82) is 0 Å². The number of hydrogen-bond donors (Lipinski definition) is 1. The zero-order chi connectivity index (χ0) is 16.1. The molecule has 2 amide bonds. The van der Waals surface area contributed by atoms with Gasteiger partial charge in [0.15, 0.2) is 0 Å². The van der Waals surface area contributed by atoms with Gasteiger partial charge in [-0.1, -0.05) is 44.2 Å². The average Bonchev–Trinajstić information content (AvgIpc) is 2.98. The van der Waals surface area contributed by atoms with Crippen LogP contribution in [-0.4, -0.2) is 36.0 Å². The van der Waals surface area contributed by atoms with E-state index in [-0.39, 0.29) is 18.0 Å². The first kappa shape index (κ1) is 16.3. The maximum Gasteiger partial charge on any atom is 0.410 e. The van der Waals surface area contributed by atoms with Crippen molar-refractivity contribution < 1.29 is 14.3 Å². The fourth-order valence-corrected chi connectivity index (χ4v) is 2.93. The molecule has 1 aliphatic heterocycles. The van der Waals surface area contributed by atoms with Gasteiger partial charge in [-0.2, -0.15) is 0 Å². The molecular weight excluding hydrogens is 280 g/mol. The van der Waals surface area contributed by atoms with E-state index in [9.17, 15) is 9.59 Å². The number of likely N-dealkylation sites (tertiary alicyclic amines) is 1. The highest BCUT2D eigenvalue weighted by atomic mass is 16.6. The lowest BCUT2D eigenvalue weighted by Crippen LogP contribution is -2.37. The first-order chi connectivity index (χ1) is 10.6. The monoisotopic (exact) mass is 304 g/mol. The number of rotatable bonds is 3. The molecule has 5 heteroatoms. The Morgan fingerprint density at radius 1 is 1.18 bits per heavy atom. The number of carbonyl (C=O) groups excluding carboxylic acids is 2. The fourth-order valence-electron chi connectivity index (χ4n) is 2.93. The Morgan fingerprint density at radius 2 is 1.77 bits per heavy atom. The Kier molecular flexibility index (Phi) is 5.41. The summed E-state index contributed by atoms with van der Waals surface area (Å²) in [5.41, 5.74) is 0.987. The van der Waals surface area contributed by atoms with Gasteiger partial charge in [-0.15, -0.1) is 0 Å². The molecule has 1 saturated heterocycles. The van der Waals surface area contributed by atoms with Gasteiger partial charge in [0.05, 0.1) is 0 Å². The zero-order valence-electron chi connectivity index (χ0n) is 13.4. The summed E-state index contributed by atoms with van der Waals surface area (Å²) < 4.78 is 5.30. The highest BCUT2D eigenvalue weighted by Gasteiger charge is 2.57. The minimum Gasteiger partial charge on any atom is -0.445 e. The highest BCUT2D eigenvalue weighted by molar-refractivity contribution is 5.74. The smallest absolute Gasteiger partial charge is 0.410 e. The number of carbonyl (C=O) groups is 2. The Balaban J connectivity index is 0.000000847. The summed E-state index contributed by atoms with van der Waals surface area (Å²) in [6, 6.07) is 9.90. The van der Waals surface area contributed by atoms with Gasteiger partial charge in [0.2, 0.25) is 5.91 Å². The minimum absolute atomic E-state index is 0.00241. The van der Waals surface area contributed by atoms with E-state index in [1.807, 2.05) is 44.2 Å². The molecular formula is C17H24N2O3. The van der Waals surface area contributed by atoms with Gasteiger partial charge in [0.25, 0.3) is 0 Å². The zero-order valence-corrected chi connectivity index (χ0v) is 13.4. The van der Waals surface area contributed by atoms with Crippen molar-refractivity contribution in [3.63, 3.8) is 0 Å². The van der Waals surface area contributed by atoms with Crippen molar-refractivity contribution >= 4 is 12.0 Å². The lowest BCUT2D eigenvalue weighted by Gasteiger charge is -2.19. The van der Waals surface area contributed by atoms with Gasteiger partial charge in [-0.05, 0) is 5.56 Å². The Bertz CT molecular complexity index is 506. The second-order valence-corrected chi connectivity index (χ2v) is 5.50. The van der Waals surface area contributed by atoms with Crippen LogP contribution in [0.15, 0.2) is 30.3 Å². The molecule has 5 nitrogen and oxygen atoms in total. The number of benzene rings is 1. The Hall–Kier alpha value is -2.04. The number of ether oxygens (including phenoxy) is 1. The van der Waals surface area contributed by atoms with E-state index >= 15 is 0 Å². The maximum atomic E-state index is 11.9. The molecule has 1 N–H and O–H groups in total. The first-order valence-electron chi connectivity index (χ1n) is 7.88. The number of amides is 2. The van der Waals surface area contributed by atoms with Crippen molar-refractivity contribution in [2.75, 3.05) is 13.1 Å². The molecule has 1 heterocycles. The molecule has 2 atom stereocenters. The standard InChI is InChI=1S/C15H18N2O3.C2H6/c1-10(18)16-14-12-7-17(8-13(12)14)15(19)20-9-11-5-3-2-4-6-11;1-2/h2-6,12-14H,7-9H2,1H3,(H,16,18);1-2H3. The van der Waals surface area contributed by atoms with E-state index in [4.69, 9.17) is 4.74 Å². The van der Waals surface area contributed by atoms with Gasteiger partial charge in [-0.3, -0.25) is 4.79 Å². The average molecular weight is 304 g/mol. The second-order valence-electron chi connectivity index (χ2n) is 5.50. The predicted molar refractivity (Wildman–Crippen MR) is 84.1 cm³/mol. The SMILES string of the molecule is CC.CC(=O)NC1C2CN(C(=O)OCc3ccccc3)CC21. The highest BCUT2D eigenvalue weighted by Crippen LogP contribution is 2.45. The summed E-state index contributed by atoms with van der Waals surface area (Å²) in [5, 5.41) is 2.92. The number of fused-ring (bicyclic) bond motifs is 1. The molecule has 22 heavy (non-hydrogen) atoms. The molecule has 0 radical (unpaired) electrons. The normalized spacial score (nSPS) is 24.7. The summed E-state index contributed by atoms with van der Waals surface area (Å²) >= 11 is 0.